The van der Waals surface area contributed by atoms with Crippen LogP contribution in [0.5, 0.6) is 5.75 Å². The third-order valence-electron chi connectivity index (χ3n) is 5.31. The average molecular weight is 373 g/mol. The lowest BCUT2D eigenvalue weighted by atomic mass is 9.93. The molecule has 4 rings (SSSR count). The van der Waals surface area contributed by atoms with E-state index in [1.165, 1.54) is 11.1 Å². The maximum Gasteiger partial charge on any atom is 0.125 e. The summed E-state index contributed by atoms with van der Waals surface area (Å²) in [6, 6.07) is 29.3. The molecular formula is C25H27NO2. The third kappa shape index (κ3) is 3.96. The van der Waals surface area contributed by atoms with E-state index in [1.807, 2.05) is 24.3 Å². The van der Waals surface area contributed by atoms with Gasteiger partial charge in [-0.05, 0) is 31.0 Å². The van der Waals surface area contributed by atoms with Crippen molar-refractivity contribution in [1.82, 2.24) is 4.90 Å². The Balaban J connectivity index is 1.50. The number of aliphatic hydroxyl groups is 1. The van der Waals surface area contributed by atoms with E-state index < -0.39 is 5.60 Å². The Morgan fingerprint density at radius 1 is 0.821 bits per heavy atom. The zero-order valence-electron chi connectivity index (χ0n) is 16.5. The monoisotopic (exact) mass is 373 g/mol. The minimum absolute atomic E-state index is 0.124. The molecule has 3 heteroatoms. The first-order valence-electron chi connectivity index (χ1n) is 9.85. The number of benzene rings is 3. The maximum absolute atomic E-state index is 10.4. The van der Waals surface area contributed by atoms with Crippen LogP contribution in [-0.2, 0) is 5.60 Å². The van der Waals surface area contributed by atoms with Crippen LogP contribution in [-0.4, -0.2) is 29.2 Å². The van der Waals surface area contributed by atoms with E-state index in [9.17, 15) is 5.11 Å². The lowest BCUT2D eigenvalue weighted by Gasteiger charge is -2.44. The molecule has 0 aromatic heterocycles. The molecule has 144 valence electrons. The van der Waals surface area contributed by atoms with Crippen molar-refractivity contribution in [3.63, 3.8) is 0 Å². The van der Waals surface area contributed by atoms with Crippen molar-refractivity contribution in [3.8, 4) is 5.75 Å². The Kier molecular flexibility index (Phi) is 5.21. The molecule has 0 radical (unpaired) electrons. The predicted octanol–water partition coefficient (Wildman–Crippen LogP) is 4.77. The second-order valence-corrected chi connectivity index (χ2v) is 7.97. The highest BCUT2D eigenvalue weighted by molar-refractivity contribution is 5.38. The van der Waals surface area contributed by atoms with Gasteiger partial charge in [0.25, 0.3) is 0 Å². The van der Waals surface area contributed by atoms with Crippen LogP contribution >= 0.6 is 0 Å². The first kappa shape index (κ1) is 18.7. The van der Waals surface area contributed by atoms with Gasteiger partial charge in [-0.3, -0.25) is 4.90 Å². The predicted molar refractivity (Wildman–Crippen MR) is 112 cm³/mol. The highest BCUT2D eigenvalue weighted by atomic mass is 16.5. The fraction of sp³-hybridized carbons (Fsp3) is 0.280. The number of rotatable bonds is 6. The van der Waals surface area contributed by atoms with E-state index in [4.69, 9.17) is 4.74 Å². The summed E-state index contributed by atoms with van der Waals surface area (Å²) in [5.41, 5.74) is 2.50. The molecule has 3 aromatic carbocycles. The first-order chi connectivity index (χ1) is 13.5. The van der Waals surface area contributed by atoms with Crippen molar-refractivity contribution >= 4 is 0 Å². The largest absolute Gasteiger partial charge is 0.487 e. The number of nitrogens with zero attached hydrogens (tertiary/aromatic N) is 1. The third-order valence-corrected chi connectivity index (χ3v) is 5.31. The van der Waals surface area contributed by atoms with Crippen LogP contribution < -0.4 is 4.74 Å². The van der Waals surface area contributed by atoms with Gasteiger partial charge in [0.15, 0.2) is 0 Å². The second kappa shape index (κ2) is 7.78. The zero-order chi connectivity index (χ0) is 19.6. The molecule has 1 aliphatic heterocycles. The molecule has 0 bridgehead atoms. The van der Waals surface area contributed by atoms with Gasteiger partial charge in [0, 0.05) is 18.7 Å². The maximum atomic E-state index is 10.4. The standard InChI is InChI=1S/C25H27NO2/c1-25(2,27)22-15-9-10-16-23(22)28-21-17-26(18-21)24(19-11-5-3-6-12-19)20-13-7-4-8-14-20/h3-16,21,24,27H,17-18H2,1-2H3. The van der Waals surface area contributed by atoms with Crippen LogP contribution in [0.1, 0.15) is 36.6 Å². The normalized spacial score (nSPS) is 15.4. The van der Waals surface area contributed by atoms with Gasteiger partial charge in [0.1, 0.15) is 11.9 Å². The molecule has 0 spiro atoms. The highest BCUT2D eigenvalue weighted by Crippen LogP contribution is 2.35. The summed E-state index contributed by atoms with van der Waals surface area (Å²) in [5, 5.41) is 10.4. The van der Waals surface area contributed by atoms with Crippen molar-refractivity contribution in [2.75, 3.05) is 13.1 Å². The van der Waals surface area contributed by atoms with Crippen molar-refractivity contribution in [2.24, 2.45) is 0 Å². The van der Waals surface area contributed by atoms with E-state index in [1.54, 1.807) is 13.8 Å². The quantitative estimate of drug-likeness (QED) is 0.676. The average Bonchev–Trinajstić information content (AvgIpc) is 2.67. The molecule has 1 saturated heterocycles. The van der Waals surface area contributed by atoms with Gasteiger partial charge in [-0.1, -0.05) is 78.9 Å². The van der Waals surface area contributed by atoms with Crippen molar-refractivity contribution in [2.45, 2.75) is 31.6 Å². The van der Waals surface area contributed by atoms with Gasteiger partial charge in [-0.2, -0.15) is 0 Å². The van der Waals surface area contributed by atoms with E-state index in [-0.39, 0.29) is 12.1 Å². The SMILES string of the molecule is CC(C)(O)c1ccccc1OC1CN(C(c2ccccc2)c2ccccc2)C1. The van der Waals surface area contributed by atoms with Gasteiger partial charge < -0.3 is 9.84 Å². The van der Waals surface area contributed by atoms with Crippen LogP contribution in [0.4, 0.5) is 0 Å². The van der Waals surface area contributed by atoms with Crippen LogP contribution in [0.15, 0.2) is 84.9 Å². The zero-order valence-corrected chi connectivity index (χ0v) is 16.5. The molecule has 28 heavy (non-hydrogen) atoms. The Morgan fingerprint density at radius 3 is 1.86 bits per heavy atom. The molecule has 1 aliphatic rings. The molecule has 0 unspecified atom stereocenters. The molecule has 1 fully saturated rings. The van der Waals surface area contributed by atoms with Crippen LogP contribution in [0.2, 0.25) is 0 Å². The van der Waals surface area contributed by atoms with Crippen LogP contribution in [0.3, 0.4) is 0 Å². The fourth-order valence-corrected chi connectivity index (χ4v) is 3.89. The smallest absolute Gasteiger partial charge is 0.125 e. The Bertz CT molecular complexity index is 857. The van der Waals surface area contributed by atoms with Gasteiger partial charge in [0.05, 0.1) is 11.6 Å². The topological polar surface area (TPSA) is 32.7 Å². The van der Waals surface area contributed by atoms with Crippen molar-refractivity contribution in [1.29, 1.82) is 0 Å². The summed E-state index contributed by atoms with van der Waals surface area (Å²) >= 11 is 0. The minimum Gasteiger partial charge on any atom is -0.487 e. The molecular weight excluding hydrogens is 346 g/mol. The number of likely N-dealkylation sites (tertiary alicyclic amines) is 1. The van der Waals surface area contributed by atoms with Crippen LogP contribution in [0.25, 0.3) is 0 Å². The first-order valence-corrected chi connectivity index (χ1v) is 9.85. The summed E-state index contributed by atoms with van der Waals surface area (Å²) in [7, 11) is 0. The van der Waals surface area contributed by atoms with E-state index in [0.717, 1.165) is 24.4 Å². The lowest BCUT2D eigenvalue weighted by molar-refractivity contribution is -0.00400. The highest BCUT2D eigenvalue weighted by Gasteiger charge is 2.36. The number of ether oxygens (including phenoxy) is 1. The van der Waals surface area contributed by atoms with E-state index >= 15 is 0 Å². The van der Waals surface area contributed by atoms with Gasteiger partial charge in [0.2, 0.25) is 0 Å². The Morgan fingerprint density at radius 2 is 1.32 bits per heavy atom. The van der Waals surface area contributed by atoms with E-state index in [0.29, 0.717) is 0 Å². The van der Waals surface area contributed by atoms with Crippen molar-refractivity contribution < 1.29 is 9.84 Å². The Hall–Kier alpha value is -2.62. The molecule has 0 amide bonds. The summed E-state index contributed by atoms with van der Waals surface area (Å²) in [6.45, 7) is 5.30. The number of para-hydroxylation sites is 1. The van der Waals surface area contributed by atoms with Gasteiger partial charge in [-0.25, -0.2) is 0 Å². The molecule has 1 N–H and O–H groups in total. The molecule has 0 aliphatic carbocycles. The molecule has 0 saturated carbocycles. The summed E-state index contributed by atoms with van der Waals surface area (Å²) < 4.78 is 6.26. The Labute approximate surface area is 167 Å². The minimum atomic E-state index is -0.920. The lowest BCUT2D eigenvalue weighted by Crippen LogP contribution is -2.55. The second-order valence-electron chi connectivity index (χ2n) is 7.97. The van der Waals surface area contributed by atoms with Gasteiger partial charge in [-0.15, -0.1) is 0 Å². The van der Waals surface area contributed by atoms with Gasteiger partial charge >= 0.3 is 0 Å². The summed E-state index contributed by atoms with van der Waals surface area (Å²) in [4.78, 5) is 2.45. The van der Waals surface area contributed by atoms with E-state index in [2.05, 4.69) is 65.6 Å². The fourth-order valence-electron chi connectivity index (χ4n) is 3.89. The summed E-state index contributed by atoms with van der Waals surface area (Å²) in [5.74, 6) is 0.774. The van der Waals surface area contributed by atoms with Crippen LogP contribution in [0, 0.1) is 0 Å². The van der Waals surface area contributed by atoms with Crippen molar-refractivity contribution in [3.05, 3.63) is 102 Å². The number of hydrogen-bond acceptors (Lipinski definition) is 3. The molecule has 1 heterocycles. The molecule has 0 atom stereocenters. The molecule has 3 aromatic rings. The molecule has 3 nitrogen and oxygen atoms in total. The number of hydrogen-bond donors (Lipinski definition) is 1. The summed E-state index contributed by atoms with van der Waals surface area (Å²) in [6.07, 6.45) is 0.124.